The zero-order valence-electron chi connectivity index (χ0n) is 9.71. The van der Waals surface area contributed by atoms with Gasteiger partial charge in [0.1, 0.15) is 0 Å². The summed E-state index contributed by atoms with van der Waals surface area (Å²) in [6.07, 6.45) is 1.24. The van der Waals surface area contributed by atoms with Crippen LogP contribution in [0.5, 0.6) is 0 Å². The molecule has 1 aliphatic heterocycles. The van der Waals surface area contributed by atoms with Gasteiger partial charge in [0.05, 0.1) is 6.04 Å². The molecule has 0 aromatic carbocycles. The lowest BCUT2D eigenvalue weighted by molar-refractivity contribution is -0.125. The molecule has 1 aliphatic rings. The Morgan fingerprint density at radius 3 is 2.50 bits per heavy atom. The molecule has 0 aliphatic carbocycles. The van der Waals surface area contributed by atoms with E-state index >= 15 is 0 Å². The Morgan fingerprint density at radius 1 is 1.44 bits per heavy atom. The zero-order valence-corrected chi connectivity index (χ0v) is 10.5. The number of rotatable bonds is 5. The van der Waals surface area contributed by atoms with E-state index in [2.05, 4.69) is 16.0 Å². The van der Waals surface area contributed by atoms with Crippen LogP contribution >= 0.6 is 12.4 Å². The van der Waals surface area contributed by atoms with Gasteiger partial charge in [0.2, 0.25) is 11.8 Å². The predicted molar refractivity (Wildman–Crippen MR) is 64.6 cm³/mol. The van der Waals surface area contributed by atoms with E-state index in [1.807, 2.05) is 13.8 Å². The average molecular weight is 250 g/mol. The van der Waals surface area contributed by atoms with Crippen molar-refractivity contribution in [2.24, 2.45) is 0 Å². The number of hydrogen-bond acceptors (Lipinski definition) is 3. The molecule has 6 heteroatoms. The van der Waals surface area contributed by atoms with Gasteiger partial charge in [0.25, 0.3) is 0 Å². The average Bonchev–Trinajstić information content (AvgIpc) is 1.98. The van der Waals surface area contributed by atoms with Gasteiger partial charge in [0, 0.05) is 19.0 Å². The van der Waals surface area contributed by atoms with Crippen molar-refractivity contribution in [3.05, 3.63) is 0 Å². The zero-order chi connectivity index (χ0) is 11.3. The maximum absolute atomic E-state index is 11.3. The van der Waals surface area contributed by atoms with Crippen LogP contribution in [-0.4, -0.2) is 37.0 Å². The molecule has 0 spiro atoms. The van der Waals surface area contributed by atoms with Crippen molar-refractivity contribution in [1.82, 2.24) is 16.0 Å². The molecule has 0 aromatic rings. The minimum Gasteiger partial charge on any atom is -0.354 e. The SMILES string of the molecule is CC(C)NC(=O)CCNC(=O)[C@H]1CCN1.Cl. The maximum atomic E-state index is 11.3. The molecule has 1 fully saturated rings. The van der Waals surface area contributed by atoms with Crippen LogP contribution in [0.3, 0.4) is 0 Å². The molecule has 0 saturated carbocycles. The van der Waals surface area contributed by atoms with E-state index < -0.39 is 0 Å². The van der Waals surface area contributed by atoms with Crippen LogP contribution in [0, 0.1) is 0 Å². The van der Waals surface area contributed by atoms with Gasteiger partial charge >= 0.3 is 0 Å². The van der Waals surface area contributed by atoms with E-state index in [4.69, 9.17) is 0 Å². The van der Waals surface area contributed by atoms with Gasteiger partial charge in [-0.1, -0.05) is 0 Å². The van der Waals surface area contributed by atoms with E-state index in [0.717, 1.165) is 13.0 Å². The van der Waals surface area contributed by atoms with Gasteiger partial charge in [-0.2, -0.15) is 0 Å². The maximum Gasteiger partial charge on any atom is 0.237 e. The van der Waals surface area contributed by atoms with Crippen molar-refractivity contribution in [1.29, 1.82) is 0 Å². The topological polar surface area (TPSA) is 70.2 Å². The number of nitrogens with one attached hydrogen (secondary N) is 3. The van der Waals surface area contributed by atoms with Gasteiger partial charge in [-0.05, 0) is 26.8 Å². The Morgan fingerprint density at radius 2 is 2.06 bits per heavy atom. The molecule has 0 unspecified atom stereocenters. The summed E-state index contributed by atoms with van der Waals surface area (Å²) >= 11 is 0. The molecule has 16 heavy (non-hydrogen) atoms. The highest BCUT2D eigenvalue weighted by atomic mass is 35.5. The van der Waals surface area contributed by atoms with Crippen molar-refractivity contribution < 1.29 is 9.59 Å². The summed E-state index contributed by atoms with van der Waals surface area (Å²) in [7, 11) is 0. The molecule has 1 heterocycles. The third kappa shape index (κ3) is 5.32. The fourth-order valence-electron chi connectivity index (χ4n) is 1.33. The van der Waals surface area contributed by atoms with Crippen molar-refractivity contribution >= 4 is 24.2 Å². The van der Waals surface area contributed by atoms with Gasteiger partial charge in [0.15, 0.2) is 0 Å². The third-order valence-electron chi connectivity index (χ3n) is 2.24. The van der Waals surface area contributed by atoms with E-state index in [1.165, 1.54) is 0 Å². The minimum absolute atomic E-state index is 0. The first-order valence-electron chi connectivity index (χ1n) is 5.40. The smallest absolute Gasteiger partial charge is 0.237 e. The molecule has 1 atom stereocenters. The molecular formula is C10H20ClN3O2. The quantitative estimate of drug-likeness (QED) is 0.632. The Kier molecular flexibility index (Phi) is 7.08. The molecule has 94 valence electrons. The van der Waals surface area contributed by atoms with Crippen LogP contribution in [0.4, 0.5) is 0 Å². The second kappa shape index (κ2) is 7.46. The number of carbonyl (C=O) groups is 2. The molecule has 5 nitrogen and oxygen atoms in total. The molecule has 0 bridgehead atoms. The first-order chi connectivity index (χ1) is 7.09. The Labute approximate surface area is 102 Å². The second-order valence-electron chi connectivity index (χ2n) is 4.06. The standard InChI is InChI=1S/C10H19N3O2.ClH/c1-7(2)13-9(14)4-6-12-10(15)8-3-5-11-8;/h7-8,11H,3-6H2,1-2H3,(H,12,15)(H,13,14);1H/t8-;/m1./s1. The van der Waals surface area contributed by atoms with Crippen molar-refractivity contribution in [3.63, 3.8) is 0 Å². The fraction of sp³-hybridized carbons (Fsp3) is 0.800. The van der Waals surface area contributed by atoms with E-state index in [1.54, 1.807) is 0 Å². The van der Waals surface area contributed by atoms with E-state index in [0.29, 0.717) is 13.0 Å². The Hall–Kier alpha value is -0.810. The largest absolute Gasteiger partial charge is 0.354 e. The first-order valence-corrected chi connectivity index (χ1v) is 5.40. The van der Waals surface area contributed by atoms with Crippen LogP contribution in [-0.2, 0) is 9.59 Å². The van der Waals surface area contributed by atoms with E-state index in [9.17, 15) is 9.59 Å². The van der Waals surface area contributed by atoms with Crippen LogP contribution in [0.25, 0.3) is 0 Å². The highest BCUT2D eigenvalue weighted by Crippen LogP contribution is 2.00. The third-order valence-corrected chi connectivity index (χ3v) is 2.24. The van der Waals surface area contributed by atoms with Gasteiger partial charge in [-0.15, -0.1) is 12.4 Å². The fourth-order valence-corrected chi connectivity index (χ4v) is 1.33. The van der Waals surface area contributed by atoms with Gasteiger partial charge < -0.3 is 16.0 Å². The lowest BCUT2D eigenvalue weighted by atomic mass is 10.1. The number of carbonyl (C=O) groups excluding carboxylic acids is 2. The normalized spacial score (nSPS) is 18.3. The van der Waals surface area contributed by atoms with Crippen LogP contribution < -0.4 is 16.0 Å². The molecule has 2 amide bonds. The number of hydrogen-bond donors (Lipinski definition) is 3. The summed E-state index contributed by atoms with van der Waals surface area (Å²) in [6.45, 7) is 5.14. The van der Waals surface area contributed by atoms with Crippen molar-refractivity contribution in [2.75, 3.05) is 13.1 Å². The van der Waals surface area contributed by atoms with Crippen LogP contribution in [0.15, 0.2) is 0 Å². The first kappa shape index (κ1) is 15.2. The molecule has 1 saturated heterocycles. The molecule has 3 N–H and O–H groups in total. The summed E-state index contributed by atoms with van der Waals surface area (Å²) in [6, 6.07) is 0.111. The monoisotopic (exact) mass is 249 g/mol. The van der Waals surface area contributed by atoms with E-state index in [-0.39, 0.29) is 36.3 Å². The van der Waals surface area contributed by atoms with Gasteiger partial charge in [-0.25, -0.2) is 0 Å². The molecular weight excluding hydrogens is 230 g/mol. The lowest BCUT2D eigenvalue weighted by Gasteiger charge is -2.26. The number of halogens is 1. The lowest BCUT2D eigenvalue weighted by Crippen LogP contribution is -2.53. The summed E-state index contributed by atoms with van der Waals surface area (Å²) in [5.41, 5.74) is 0. The number of amides is 2. The summed E-state index contributed by atoms with van der Waals surface area (Å²) in [5.74, 6) is -0.0227. The van der Waals surface area contributed by atoms with Crippen LogP contribution in [0.2, 0.25) is 0 Å². The summed E-state index contributed by atoms with van der Waals surface area (Å²) in [4.78, 5) is 22.5. The van der Waals surface area contributed by atoms with Crippen molar-refractivity contribution in [3.8, 4) is 0 Å². The van der Waals surface area contributed by atoms with Crippen LogP contribution in [0.1, 0.15) is 26.7 Å². The summed E-state index contributed by atoms with van der Waals surface area (Å²) in [5, 5.41) is 8.50. The Bertz CT molecular complexity index is 242. The van der Waals surface area contributed by atoms with Gasteiger partial charge in [-0.3, -0.25) is 9.59 Å². The minimum atomic E-state index is -0.0434. The summed E-state index contributed by atoms with van der Waals surface area (Å²) < 4.78 is 0. The van der Waals surface area contributed by atoms with Crippen molar-refractivity contribution in [2.45, 2.75) is 38.8 Å². The predicted octanol–water partition coefficient (Wildman–Crippen LogP) is -0.199. The molecule has 0 radical (unpaired) electrons. The Balaban J connectivity index is 0.00000225. The molecule has 1 rings (SSSR count). The highest BCUT2D eigenvalue weighted by Gasteiger charge is 2.23. The molecule has 0 aromatic heterocycles. The second-order valence-corrected chi connectivity index (χ2v) is 4.06. The highest BCUT2D eigenvalue weighted by molar-refractivity contribution is 5.85.